The Morgan fingerprint density at radius 3 is 2.62 bits per heavy atom. The van der Waals surface area contributed by atoms with Crippen molar-refractivity contribution < 1.29 is 4.79 Å². The molecule has 0 atom stereocenters. The summed E-state index contributed by atoms with van der Waals surface area (Å²) >= 11 is 0. The van der Waals surface area contributed by atoms with Gasteiger partial charge in [0.15, 0.2) is 0 Å². The Bertz CT molecular complexity index is 649. The zero-order valence-electron chi connectivity index (χ0n) is 14.1. The topological polar surface area (TPSA) is 58.1 Å². The van der Waals surface area contributed by atoms with Crippen molar-refractivity contribution in [2.45, 2.75) is 26.2 Å². The van der Waals surface area contributed by atoms with Gasteiger partial charge in [0.25, 0.3) is 0 Å². The molecule has 0 saturated carbocycles. The van der Waals surface area contributed by atoms with Crippen LogP contribution in [0.25, 0.3) is 0 Å². The van der Waals surface area contributed by atoms with E-state index in [-0.39, 0.29) is 11.8 Å². The number of nitrogens with zero attached hydrogens (tertiary/aromatic N) is 3. The molecule has 0 radical (unpaired) electrons. The van der Waals surface area contributed by atoms with E-state index >= 15 is 0 Å². The molecule has 1 aliphatic rings. The lowest BCUT2D eigenvalue weighted by molar-refractivity contribution is -0.121. The molecular formula is C19H24N4O. The predicted octanol–water partition coefficient (Wildman–Crippen LogP) is 2.68. The highest BCUT2D eigenvalue weighted by Crippen LogP contribution is 2.19. The smallest absolute Gasteiger partial charge is 0.228 e. The largest absolute Gasteiger partial charge is 0.310 e. The van der Waals surface area contributed by atoms with E-state index < -0.39 is 0 Å². The van der Waals surface area contributed by atoms with Gasteiger partial charge in [-0.05, 0) is 68.6 Å². The molecule has 2 aromatic heterocycles. The number of rotatable bonds is 5. The third-order valence-electron chi connectivity index (χ3n) is 4.59. The van der Waals surface area contributed by atoms with E-state index in [1.807, 2.05) is 31.5 Å². The Balaban J connectivity index is 1.42. The van der Waals surface area contributed by atoms with Gasteiger partial charge in [-0.3, -0.25) is 9.78 Å². The van der Waals surface area contributed by atoms with Crippen molar-refractivity contribution in [1.29, 1.82) is 0 Å². The number of carbonyl (C=O) groups is 1. The standard InChI is InChI=1S/C19H24N4O/c1-15-2-3-18(21-14-15)22-19(24)17-7-12-23(13-8-17)11-6-16-4-9-20-10-5-16/h2-5,9-10,14,17H,6-8,11-13H2,1H3,(H,21,22,24). The van der Waals surface area contributed by atoms with Crippen molar-refractivity contribution in [3.8, 4) is 0 Å². The first-order chi connectivity index (χ1) is 11.7. The zero-order chi connectivity index (χ0) is 16.8. The summed E-state index contributed by atoms with van der Waals surface area (Å²) in [6.07, 6.45) is 8.31. The molecule has 0 aliphatic carbocycles. The van der Waals surface area contributed by atoms with Crippen LogP contribution >= 0.6 is 0 Å². The van der Waals surface area contributed by atoms with Crippen LogP contribution in [0, 0.1) is 12.8 Å². The second-order valence-electron chi connectivity index (χ2n) is 6.43. The number of carbonyl (C=O) groups excluding carboxylic acids is 1. The summed E-state index contributed by atoms with van der Waals surface area (Å²) in [6.45, 7) is 4.98. The summed E-state index contributed by atoms with van der Waals surface area (Å²) in [5.74, 6) is 0.830. The molecule has 3 heterocycles. The van der Waals surface area contributed by atoms with Crippen molar-refractivity contribution in [3.05, 3.63) is 54.0 Å². The molecule has 0 aromatic carbocycles. The Morgan fingerprint density at radius 2 is 1.96 bits per heavy atom. The van der Waals surface area contributed by atoms with Crippen LogP contribution in [0.2, 0.25) is 0 Å². The van der Waals surface area contributed by atoms with Crippen molar-refractivity contribution in [2.24, 2.45) is 5.92 Å². The summed E-state index contributed by atoms with van der Waals surface area (Å²) in [5.41, 5.74) is 2.41. The third kappa shape index (κ3) is 4.61. The Morgan fingerprint density at radius 1 is 1.21 bits per heavy atom. The number of piperidine rings is 1. The van der Waals surface area contributed by atoms with Crippen LogP contribution in [0.3, 0.4) is 0 Å². The lowest BCUT2D eigenvalue weighted by atomic mass is 9.95. The van der Waals surface area contributed by atoms with E-state index in [1.165, 1.54) is 5.56 Å². The van der Waals surface area contributed by atoms with Crippen molar-refractivity contribution in [2.75, 3.05) is 25.0 Å². The summed E-state index contributed by atoms with van der Waals surface area (Å²) in [7, 11) is 0. The number of hydrogen-bond acceptors (Lipinski definition) is 4. The molecular weight excluding hydrogens is 300 g/mol. The number of anilines is 1. The third-order valence-corrected chi connectivity index (χ3v) is 4.59. The molecule has 1 N–H and O–H groups in total. The van der Waals surface area contributed by atoms with Crippen LogP contribution < -0.4 is 5.32 Å². The highest BCUT2D eigenvalue weighted by Gasteiger charge is 2.24. The fourth-order valence-electron chi connectivity index (χ4n) is 3.03. The van der Waals surface area contributed by atoms with Gasteiger partial charge in [0.2, 0.25) is 5.91 Å². The maximum Gasteiger partial charge on any atom is 0.228 e. The van der Waals surface area contributed by atoms with Gasteiger partial charge >= 0.3 is 0 Å². The number of hydrogen-bond donors (Lipinski definition) is 1. The van der Waals surface area contributed by atoms with Gasteiger partial charge in [0.05, 0.1) is 0 Å². The van der Waals surface area contributed by atoms with Gasteiger partial charge in [-0.25, -0.2) is 4.98 Å². The molecule has 1 aliphatic heterocycles. The van der Waals surface area contributed by atoms with Crippen molar-refractivity contribution in [1.82, 2.24) is 14.9 Å². The maximum absolute atomic E-state index is 12.4. The summed E-state index contributed by atoms with van der Waals surface area (Å²) < 4.78 is 0. The Labute approximate surface area is 143 Å². The SMILES string of the molecule is Cc1ccc(NC(=O)C2CCN(CCc3ccncc3)CC2)nc1. The van der Waals surface area contributed by atoms with E-state index in [0.29, 0.717) is 5.82 Å². The molecule has 5 nitrogen and oxygen atoms in total. The molecule has 1 fully saturated rings. The zero-order valence-corrected chi connectivity index (χ0v) is 14.1. The van der Waals surface area contributed by atoms with Crippen LogP contribution in [0.4, 0.5) is 5.82 Å². The lowest BCUT2D eigenvalue weighted by Crippen LogP contribution is -2.39. The molecule has 2 aromatic rings. The fourth-order valence-corrected chi connectivity index (χ4v) is 3.03. The monoisotopic (exact) mass is 324 g/mol. The minimum Gasteiger partial charge on any atom is -0.310 e. The van der Waals surface area contributed by atoms with Gasteiger partial charge in [-0.15, -0.1) is 0 Å². The molecule has 0 unspecified atom stereocenters. The van der Waals surface area contributed by atoms with E-state index in [1.54, 1.807) is 6.20 Å². The maximum atomic E-state index is 12.4. The average molecular weight is 324 g/mol. The predicted molar refractivity (Wildman–Crippen MR) is 94.7 cm³/mol. The minimum atomic E-state index is 0.0882. The van der Waals surface area contributed by atoms with E-state index in [2.05, 4.69) is 32.3 Å². The summed E-state index contributed by atoms with van der Waals surface area (Å²) in [4.78, 5) is 23.1. The first kappa shape index (κ1) is 16.6. The van der Waals surface area contributed by atoms with Gasteiger partial charge in [0, 0.05) is 31.1 Å². The van der Waals surface area contributed by atoms with E-state index in [4.69, 9.17) is 0 Å². The first-order valence-electron chi connectivity index (χ1n) is 8.55. The van der Waals surface area contributed by atoms with Crippen molar-refractivity contribution in [3.63, 3.8) is 0 Å². The molecule has 0 spiro atoms. The number of aromatic nitrogens is 2. The molecule has 5 heteroatoms. The minimum absolute atomic E-state index is 0.0882. The van der Waals surface area contributed by atoms with Crippen molar-refractivity contribution >= 4 is 11.7 Å². The first-order valence-corrected chi connectivity index (χ1v) is 8.55. The van der Waals surface area contributed by atoms with Crippen LogP contribution in [0.1, 0.15) is 24.0 Å². The van der Waals surface area contributed by atoms with E-state index in [9.17, 15) is 4.79 Å². The van der Waals surface area contributed by atoms with Gasteiger partial charge in [-0.2, -0.15) is 0 Å². The Hall–Kier alpha value is -2.27. The number of pyridine rings is 2. The highest BCUT2D eigenvalue weighted by atomic mass is 16.1. The molecule has 0 bridgehead atoms. The Kier molecular flexibility index (Phi) is 5.54. The van der Waals surface area contributed by atoms with Crippen LogP contribution in [-0.4, -0.2) is 40.4 Å². The van der Waals surface area contributed by atoms with Crippen LogP contribution in [0.15, 0.2) is 42.9 Å². The van der Waals surface area contributed by atoms with Crippen LogP contribution in [0.5, 0.6) is 0 Å². The second-order valence-corrected chi connectivity index (χ2v) is 6.43. The molecule has 126 valence electrons. The fraction of sp³-hybridized carbons (Fsp3) is 0.421. The number of amides is 1. The van der Waals surface area contributed by atoms with E-state index in [0.717, 1.165) is 44.5 Å². The summed E-state index contributed by atoms with van der Waals surface area (Å²) in [6, 6.07) is 7.95. The quantitative estimate of drug-likeness (QED) is 0.919. The highest BCUT2D eigenvalue weighted by molar-refractivity contribution is 5.91. The molecule has 24 heavy (non-hydrogen) atoms. The normalized spacial score (nSPS) is 16.0. The summed E-state index contributed by atoms with van der Waals surface area (Å²) in [5, 5.41) is 2.94. The molecule has 3 rings (SSSR count). The van der Waals surface area contributed by atoms with Gasteiger partial charge < -0.3 is 10.2 Å². The average Bonchev–Trinajstić information content (AvgIpc) is 2.63. The molecule has 1 saturated heterocycles. The number of aryl methyl sites for hydroxylation is 1. The van der Waals surface area contributed by atoms with Crippen LogP contribution in [-0.2, 0) is 11.2 Å². The van der Waals surface area contributed by atoms with Gasteiger partial charge in [-0.1, -0.05) is 6.07 Å². The second kappa shape index (κ2) is 8.02. The van der Waals surface area contributed by atoms with Gasteiger partial charge in [0.1, 0.15) is 5.82 Å². The number of likely N-dealkylation sites (tertiary alicyclic amines) is 1. The lowest BCUT2D eigenvalue weighted by Gasteiger charge is -2.31. The molecule has 1 amide bonds. The number of nitrogens with one attached hydrogen (secondary N) is 1.